The maximum absolute atomic E-state index is 13.0. The smallest absolute Gasteiger partial charge is 0.306 e. The molecule has 1 aromatic carbocycles. The molecule has 0 aromatic heterocycles. The Balaban J connectivity index is 1.53. The van der Waals surface area contributed by atoms with Crippen LogP contribution in [0.3, 0.4) is 0 Å². The van der Waals surface area contributed by atoms with Gasteiger partial charge in [-0.15, -0.1) is 0 Å². The van der Waals surface area contributed by atoms with E-state index >= 15 is 0 Å². The number of hydrogen-bond acceptors (Lipinski definition) is 6. The normalized spacial score (nSPS) is 20.6. The van der Waals surface area contributed by atoms with Crippen molar-refractivity contribution >= 4 is 27.5 Å². The Bertz CT molecular complexity index is 965. The van der Waals surface area contributed by atoms with Gasteiger partial charge in [0.25, 0.3) is 5.91 Å². The van der Waals surface area contributed by atoms with Crippen molar-refractivity contribution < 1.29 is 27.5 Å². The number of nitrogens with zero attached hydrogens (tertiary/aromatic N) is 1. The Morgan fingerprint density at radius 2 is 1.69 bits per heavy atom. The van der Waals surface area contributed by atoms with Gasteiger partial charge in [0.2, 0.25) is 0 Å². The zero-order chi connectivity index (χ0) is 23.3. The van der Waals surface area contributed by atoms with Crippen molar-refractivity contribution in [2.75, 3.05) is 18.1 Å². The fraction of sp³-hybridized carbons (Fsp3) is 0.625. The van der Waals surface area contributed by atoms with Crippen molar-refractivity contribution in [3.8, 4) is 0 Å². The molecule has 8 heteroatoms. The number of benzene rings is 1. The summed E-state index contributed by atoms with van der Waals surface area (Å²) in [6.45, 7) is 3.49. The Kier molecular flexibility index (Phi) is 8.09. The summed E-state index contributed by atoms with van der Waals surface area (Å²) in [5.74, 6) is -1.01. The first-order chi connectivity index (χ1) is 15.2. The van der Waals surface area contributed by atoms with Gasteiger partial charge in [0.15, 0.2) is 22.2 Å². The molecule has 1 unspecified atom stereocenters. The lowest BCUT2D eigenvalue weighted by atomic mass is 9.93. The summed E-state index contributed by atoms with van der Waals surface area (Å²) in [6, 6.07) is 5.09. The molecule has 0 bridgehead atoms. The second kappa shape index (κ2) is 10.6. The summed E-state index contributed by atoms with van der Waals surface area (Å²) < 4.78 is 29.1. The third kappa shape index (κ3) is 6.40. The third-order valence-electron chi connectivity index (χ3n) is 6.60. The number of aryl methyl sites for hydroxylation is 2. The number of carbonyl (C=O) groups is 3. The molecule has 0 N–H and O–H groups in total. The molecule has 1 aliphatic heterocycles. The first-order valence-electron chi connectivity index (χ1n) is 11.4. The van der Waals surface area contributed by atoms with E-state index < -0.39 is 22.4 Å². The van der Waals surface area contributed by atoms with E-state index in [1.54, 1.807) is 11.0 Å². The quantitative estimate of drug-likeness (QED) is 0.434. The largest absolute Gasteiger partial charge is 0.456 e. The van der Waals surface area contributed by atoms with Gasteiger partial charge in [-0.3, -0.25) is 14.4 Å². The summed E-state index contributed by atoms with van der Waals surface area (Å²) in [5, 5.41) is 0. The number of ketones is 1. The zero-order valence-electron chi connectivity index (χ0n) is 19.0. The number of amides is 1. The first-order valence-corrected chi connectivity index (χ1v) is 13.3. The standard InChI is InChI=1S/C24H33NO6S/c1-17-8-9-19(14-18(17)2)22(26)10-11-24(28)31-15-23(27)25(20-6-4-3-5-7-20)21-12-13-32(29,30)16-21/h8-9,14,20-21H,3-7,10-13,15-16H2,1-2H3. The summed E-state index contributed by atoms with van der Waals surface area (Å²) in [4.78, 5) is 39.2. The molecule has 2 fully saturated rings. The number of Topliss-reactive ketones (excluding diaryl/α,β-unsaturated/α-hetero) is 1. The molecule has 1 amide bonds. The van der Waals surface area contributed by atoms with Crippen molar-refractivity contribution in [3.63, 3.8) is 0 Å². The fourth-order valence-electron chi connectivity index (χ4n) is 4.62. The number of carbonyl (C=O) groups excluding carboxylic acids is 3. The van der Waals surface area contributed by atoms with Crippen LogP contribution in [0.1, 0.15) is 72.9 Å². The van der Waals surface area contributed by atoms with Gasteiger partial charge in [-0.1, -0.05) is 31.4 Å². The number of sulfone groups is 1. The van der Waals surface area contributed by atoms with Gasteiger partial charge < -0.3 is 9.64 Å². The number of hydrogen-bond donors (Lipinski definition) is 0. The third-order valence-corrected chi connectivity index (χ3v) is 8.35. The topological polar surface area (TPSA) is 97.8 Å². The van der Waals surface area contributed by atoms with Gasteiger partial charge in [-0.25, -0.2) is 8.42 Å². The second-order valence-corrected chi connectivity index (χ2v) is 11.3. The van der Waals surface area contributed by atoms with E-state index in [0.717, 1.165) is 43.2 Å². The van der Waals surface area contributed by atoms with E-state index in [4.69, 9.17) is 4.74 Å². The molecule has 1 heterocycles. The van der Waals surface area contributed by atoms with E-state index in [1.807, 2.05) is 26.0 Å². The van der Waals surface area contributed by atoms with Crippen LogP contribution >= 0.6 is 0 Å². The highest BCUT2D eigenvalue weighted by molar-refractivity contribution is 7.91. The molecule has 1 saturated heterocycles. The first kappa shape index (κ1) is 24.4. The van der Waals surface area contributed by atoms with E-state index in [0.29, 0.717) is 12.0 Å². The molecule has 0 radical (unpaired) electrons. The van der Waals surface area contributed by atoms with Crippen LogP contribution in [0.5, 0.6) is 0 Å². The van der Waals surface area contributed by atoms with Crippen LogP contribution in [0.25, 0.3) is 0 Å². The van der Waals surface area contributed by atoms with Crippen molar-refractivity contribution in [1.82, 2.24) is 4.90 Å². The molecule has 2 aliphatic rings. The van der Waals surface area contributed by atoms with Gasteiger partial charge in [-0.05, 0) is 50.3 Å². The second-order valence-electron chi connectivity index (χ2n) is 9.03. The summed E-state index contributed by atoms with van der Waals surface area (Å²) in [6.07, 6.45) is 5.18. The molecular formula is C24H33NO6S. The molecule has 1 saturated carbocycles. The van der Waals surface area contributed by atoms with Crippen molar-refractivity contribution in [2.24, 2.45) is 0 Å². The molecule has 32 heavy (non-hydrogen) atoms. The maximum atomic E-state index is 13.0. The molecular weight excluding hydrogens is 430 g/mol. The molecule has 1 atom stereocenters. The number of esters is 1. The van der Waals surface area contributed by atoms with Crippen LogP contribution in [-0.2, 0) is 24.2 Å². The average Bonchev–Trinajstić information content (AvgIpc) is 3.12. The minimum Gasteiger partial charge on any atom is -0.456 e. The van der Waals surface area contributed by atoms with Crippen LogP contribution in [0.4, 0.5) is 0 Å². The van der Waals surface area contributed by atoms with Gasteiger partial charge >= 0.3 is 5.97 Å². The van der Waals surface area contributed by atoms with Crippen molar-refractivity contribution in [2.45, 2.75) is 77.3 Å². The molecule has 176 valence electrons. The lowest BCUT2D eigenvalue weighted by Gasteiger charge is -2.38. The molecule has 1 aromatic rings. The number of rotatable bonds is 8. The zero-order valence-corrected chi connectivity index (χ0v) is 19.8. The van der Waals surface area contributed by atoms with Gasteiger partial charge in [0.05, 0.1) is 17.9 Å². The Morgan fingerprint density at radius 3 is 2.31 bits per heavy atom. The van der Waals surface area contributed by atoms with Gasteiger partial charge in [0, 0.05) is 24.1 Å². The van der Waals surface area contributed by atoms with Gasteiger partial charge in [0.1, 0.15) is 0 Å². The lowest BCUT2D eigenvalue weighted by Crippen LogP contribution is -2.50. The van der Waals surface area contributed by atoms with Crippen molar-refractivity contribution in [3.05, 3.63) is 34.9 Å². The summed E-state index contributed by atoms with van der Waals surface area (Å²) >= 11 is 0. The summed E-state index contributed by atoms with van der Waals surface area (Å²) in [7, 11) is -3.13. The average molecular weight is 464 g/mol. The van der Waals surface area contributed by atoms with Crippen LogP contribution in [0, 0.1) is 13.8 Å². The van der Waals surface area contributed by atoms with Crippen LogP contribution in [0.15, 0.2) is 18.2 Å². The fourth-order valence-corrected chi connectivity index (χ4v) is 6.33. The SMILES string of the molecule is Cc1ccc(C(=O)CCC(=O)OCC(=O)N(C2CCCCC2)C2CCS(=O)(=O)C2)cc1C. The highest BCUT2D eigenvalue weighted by Gasteiger charge is 2.38. The molecule has 0 spiro atoms. The van der Waals surface area contributed by atoms with E-state index in [1.165, 1.54) is 0 Å². The Hall–Kier alpha value is -2.22. The maximum Gasteiger partial charge on any atom is 0.306 e. The Labute approximate surface area is 190 Å². The predicted molar refractivity (Wildman–Crippen MR) is 121 cm³/mol. The Morgan fingerprint density at radius 1 is 0.969 bits per heavy atom. The van der Waals surface area contributed by atoms with Crippen molar-refractivity contribution in [1.29, 1.82) is 0 Å². The van der Waals surface area contributed by atoms with Gasteiger partial charge in [-0.2, -0.15) is 0 Å². The minimum absolute atomic E-state index is 0.000364. The highest BCUT2D eigenvalue weighted by Crippen LogP contribution is 2.28. The molecule has 7 nitrogen and oxygen atoms in total. The highest BCUT2D eigenvalue weighted by atomic mass is 32.2. The van der Waals surface area contributed by atoms with Crippen LogP contribution in [-0.4, -0.2) is 61.2 Å². The monoisotopic (exact) mass is 463 g/mol. The predicted octanol–water partition coefficient (Wildman–Crippen LogP) is 3.16. The minimum atomic E-state index is -3.13. The van der Waals surface area contributed by atoms with Crippen LogP contribution < -0.4 is 0 Å². The van der Waals surface area contributed by atoms with E-state index in [9.17, 15) is 22.8 Å². The molecule has 1 aliphatic carbocycles. The molecule has 3 rings (SSSR count). The van der Waals surface area contributed by atoms with Crippen LogP contribution in [0.2, 0.25) is 0 Å². The van der Waals surface area contributed by atoms with E-state index in [-0.39, 0.29) is 48.1 Å². The number of ether oxygens (including phenoxy) is 1. The van der Waals surface area contributed by atoms with E-state index in [2.05, 4.69) is 0 Å². The lowest BCUT2D eigenvalue weighted by molar-refractivity contribution is -0.154. The summed E-state index contributed by atoms with van der Waals surface area (Å²) in [5.41, 5.74) is 2.67.